The molecule has 0 saturated heterocycles. The largest absolute Gasteiger partial charge is 0.480 e. The number of carboxylic acid groups (broad SMARTS) is 1. The van der Waals surface area contributed by atoms with Gasteiger partial charge in [0.2, 0.25) is 0 Å². The molecule has 0 radical (unpaired) electrons. The minimum atomic E-state index is -1.23. The molecule has 0 spiro atoms. The number of amides is 2. The van der Waals surface area contributed by atoms with Crippen molar-refractivity contribution in [2.45, 2.75) is 25.9 Å². The van der Waals surface area contributed by atoms with Crippen LogP contribution in [-0.2, 0) is 11.3 Å². The number of halogens is 1. The molecule has 1 N–H and O–H groups in total. The first kappa shape index (κ1) is 16.0. The van der Waals surface area contributed by atoms with Crippen molar-refractivity contribution in [2.24, 2.45) is 0 Å². The van der Waals surface area contributed by atoms with Gasteiger partial charge in [-0.1, -0.05) is 0 Å². The zero-order valence-electron chi connectivity index (χ0n) is 11.3. The van der Waals surface area contributed by atoms with E-state index in [2.05, 4.69) is 15.9 Å². The lowest BCUT2D eigenvalue weighted by Crippen LogP contribution is -2.54. The monoisotopic (exact) mass is 348 g/mol. The molecule has 19 heavy (non-hydrogen) atoms. The summed E-state index contributed by atoms with van der Waals surface area (Å²) in [5.41, 5.74) is -1.23. The Morgan fingerprint density at radius 1 is 1.42 bits per heavy atom. The predicted octanol–water partition coefficient (Wildman–Crippen LogP) is 2.86. The normalized spacial score (nSPS) is 11.2. The lowest BCUT2D eigenvalue weighted by Gasteiger charge is -2.34. The molecule has 0 unspecified atom stereocenters. The van der Waals surface area contributed by atoms with Gasteiger partial charge in [0, 0.05) is 28.8 Å². The number of nitrogens with zero attached hydrogens (tertiary/aromatic N) is 2. The number of carboxylic acids is 1. The lowest BCUT2D eigenvalue weighted by molar-refractivity contribution is -0.147. The van der Waals surface area contributed by atoms with Crippen LogP contribution in [-0.4, -0.2) is 46.5 Å². The van der Waals surface area contributed by atoms with Gasteiger partial charge in [-0.3, -0.25) is 0 Å². The third kappa shape index (κ3) is 3.70. The molecule has 0 bridgehead atoms. The number of aliphatic carboxylic acids is 1. The molecule has 1 rings (SSSR count). The summed E-state index contributed by atoms with van der Waals surface area (Å²) in [5.74, 6) is -1.03. The van der Waals surface area contributed by atoms with E-state index in [1.165, 1.54) is 30.7 Å². The summed E-state index contributed by atoms with van der Waals surface area (Å²) in [4.78, 5) is 27.1. The second-order valence-corrected chi connectivity index (χ2v) is 6.70. The van der Waals surface area contributed by atoms with Crippen LogP contribution < -0.4 is 0 Å². The second-order valence-electron chi connectivity index (χ2n) is 4.79. The van der Waals surface area contributed by atoms with Crippen molar-refractivity contribution in [3.63, 3.8) is 0 Å². The van der Waals surface area contributed by atoms with Crippen LogP contribution in [0, 0.1) is 0 Å². The third-order valence-corrected chi connectivity index (χ3v) is 4.67. The molecule has 0 aliphatic heterocycles. The van der Waals surface area contributed by atoms with Gasteiger partial charge >= 0.3 is 12.0 Å². The van der Waals surface area contributed by atoms with Crippen LogP contribution in [0.15, 0.2) is 15.9 Å². The Balaban J connectivity index is 2.74. The number of carbonyl (C=O) groups excluding carboxylic acids is 1. The fraction of sp³-hybridized carbons (Fsp3) is 0.500. The van der Waals surface area contributed by atoms with E-state index in [-0.39, 0.29) is 6.03 Å². The Morgan fingerprint density at radius 2 is 2.00 bits per heavy atom. The standard InChI is InChI=1S/C12H17BrN2O3S/c1-12(2,10(16)17)15(4)11(18)14(3)6-9-5-8(13)7-19-9/h5,7H,6H2,1-4H3,(H,16,17). The fourth-order valence-electron chi connectivity index (χ4n) is 1.38. The Bertz CT molecular complexity index is 487. The van der Waals surface area contributed by atoms with Crippen LogP contribution in [0.3, 0.4) is 0 Å². The van der Waals surface area contributed by atoms with Crippen LogP contribution in [0.1, 0.15) is 18.7 Å². The third-order valence-electron chi connectivity index (χ3n) is 2.99. The number of hydrogen-bond donors (Lipinski definition) is 1. The van der Waals surface area contributed by atoms with Crippen molar-refractivity contribution < 1.29 is 14.7 Å². The average Bonchev–Trinajstić information content (AvgIpc) is 2.72. The Kier molecular flexibility index (Phi) is 4.98. The number of thiophene rings is 1. The highest BCUT2D eigenvalue weighted by Crippen LogP contribution is 2.22. The molecule has 2 amide bonds. The SMILES string of the molecule is CN(Cc1cc(Br)cs1)C(=O)N(C)C(C)(C)C(=O)O. The van der Waals surface area contributed by atoms with Crippen molar-refractivity contribution >= 4 is 39.3 Å². The molecule has 106 valence electrons. The van der Waals surface area contributed by atoms with E-state index in [1.54, 1.807) is 18.4 Å². The molecule has 1 heterocycles. The van der Waals surface area contributed by atoms with Gasteiger partial charge in [0.15, 0.2) is 0 Å². The lowest BCUT2D eigenvalue weighted by atomic mass is 10.0. The van der Waals surface area contributed by atoms with E-state index in [0.29, 0.717) is 6.54 Å². The maximum atomic E-state index is 12.2. The summed E-state index contributed by atoms with van der Waals surface area (Å²) in [6, 6.07) is 1.62. The van der Waals surface area contributed by atoms with Crippen LogP contribution >= 0.6 is 27.3 Å². The van der Waals surface area contributed by atoms with Crippen molar-refractivity contribution in [1.82, 2.24) is 9.80 Å². The molecule has 0 aliphatic carbocycles. The van der Waals surface area contributed by atoms with E-state index < -0.39 is 11.5 Å². The van der Waals surface area contributed by atoms with Gasteiger partial charge in [0.1, 0.15) is 5.54 Å². The minimum Gasteiger partial charge on any atom is -0.480 e. The van der Waals surface area contributed by atoms with Gasteiger partial charge in [0.05, 0.1) is 6.54 Å². The molecule has 0 saturated carbocycles. The quantitative estimate of drug-likeness (QED) is 0.909. The van der Waals surface area contributed by atoms with Gasteiger partial charge in [-0.2, -0.15) is 0 Å². The van der Waals surface area contributed by atoms with E-state index in [0.717, 1.165) is 9.35 Å². The minimum absolute atomic E-state index is 0.322. The van der Waals surface area contributed by atoms with Crippen molar-refractivity contribution in [3.8, 4) is 0 Å². The molecular formula is C12H17BrN2O3S. The molecule has 0 aliphatic rings. The smallest absolute Gasteiger partial charge is 0.329 e. The Morgan fingerprint density at radius 3 is 2.42 bits per heavy atom. The number of likely N-dealkylation sites (N-methyl/N-ethyl adjacent to an activating group) is 1. The van der Waals surface area contributed by atoms with Crippen LogP contribution in [0.2, 0.25) is 0 Å². The van der Waals surface area contributed by atoms with E-state index in [1.807, 2.05) is 11.4 Å². The van der Waals surface area contributed by atoms with E-state index >= 15 is 0 Å². The van der Waals surface area contributed by atoms with Gasteiger partial charge in [-0.25, -0.2) is 9.59 Å². The maximum absolute atomic E-state index is 12.2. The van der Waals surface area contributed by atoms with Crippen LogP contribution in [0.4, 0.5) is 4.79 Å². The maximum Gasteiger partial charge on any atom is 0.329 e. The summed E-state index contributed by atoms with van der Waals surface area (Å²) >= 11 is 4.90. The average molecular weight is 349 g/mol. The molecule has 7 heteroatoms. The molecular weight excluding hydrogens is 332 g/mol. The number of urea groups is 1. The van der Waals surface area contributed by atoms with Crippen molar-refractivity contribution in [2.75, 3.05) is 14.1 Å². The highest BCUT2D eigenvalue weighted by atomic mass is 79.9. The predicted molar refractivity (Wildman–Crippen MR) is 78.4 cm³/mol. The summed E-state index contributed by atoms with van der Waals surface area (Å²) in [7, 11) is 3.15. The van der Waals surface area contributed by atoms with E-state index in [4.69, 9.17) is 5.11 Å². The topological polar surface area (TPSA) is 60.9 Å². The Hall–Kier alpha value is -1.08. The van der Waals surface area contributed by atoms with Gasteiger partial charge in [-0.05, 0) is 35.8 Å². The van der Waals surface area contributed by atoms with E-state index in [9.17, 15) is 9.59 Å². The van der Waals surface area contributed by atoms with Gasteiger partial charge < -0.3 is 14.9 Å². The van der Waals surface area contributed by atoms with Gasteiger partial charge in [0.25, 0.3) is 0 Å². The summed E-state index contributed by atoms with van der Waals surface area (Å²) in [6.45, 7) is 3.46. The molecule has 0 fully saturated rings. The highest BCUT2D eigenvalue weighted by molar-refractivity contribution is 9.10. The summed E-state index contributed by atoms with van der Waals surface area (Å²) in [5, 5.41) is 11.1. The van der Waals surface area contributed by atoms with Crippen molar-refractivity contribution in [1.29, 1.82) is 0 Å². The van der Waals surface area contributed by atoms with Crippen LogP contribution in [0.5, 0.6) is 0 Å². The second kappa shape index (κ2) is 5.92. The molecule has 0 atom stereocenters. The van der Waals surface area contributed by atoms with Crippen LogP contribution in [0.25, 0.3) is 0 Å². The summed E-state index contributed by atoms with van der Waals surface area (Å²) < 4.78 is 0.979. The van der Waals surface area contributed by atoms with Gasteiger partial charge in [-0.15, -0.1) is 11.3 Å². The molecule has 1 aromatic rings. The fourth-order valence-corrected chi connectivity index (χ4v) is 2.88. The first-order valence-corrected chi connectivity index (χ1v) is 7.28. The highest BCUT2D eigenvalue weighted by Gasteiger charge is 2.36. The zero-order chi connectivity index (χ0) is 14.8. The summed E-state index contributed by atoms with van der Waals surface area (Å²) in [6.07, 6.45) is 0. The first-order chi connectivity index (χ1) is 8.66. The molecule has 5 nitrogen and oxygen atoms in total. The zero-order valence-corrected chi connectivity index (χ0v) is 13.7. The van der Waals surface area contributed by atoms with Crippen molar-refractivity contribution in [3.05, 3.63) is 20.8 Å². The number of rotatable bonds is 4. The molecule has 0 aromatic carbocycles. The molecule has 1 aromatic heterocycles. The first-order valence-electron chi connectivity index (χ1n) is 5.61. The number of hydrogen-bond acceptors (Lipinski definition) is 3. The Labute approximate surface area is 124 Å². The number of carbonyl (C=O) groups is 2.